The summed E-state index contributed by atoms with van der Waals surface area (Å²) >= 11 is 0. The third kappa shape index (κ3) is 3.66. The maximum Gasteiger partial charge on any atom is 0.320 e. The predicted octanol–water partition coefficient (Wildman–Crippen LogP) is 1.94. The smallest absolute Gasteiger partial charge is 0.320 e. The second-order valence-electron chi connectivity index (χ2n) is 4.23. The van der Waals surface area contributed by atoms with Crippen LogP contribution in [0.4, 0.5) is 0 Å². The molecule has 0 aromatic heterocycles. The molecule has 0 aliphatic rings. The van der Waals surface area contributed by atoms with Gasteiger partial charge in [-0.05, 0) is 32.9 Å². The van der Waals surface area contributed by atoms with Gasteiger partial charge in [-0.15, -0.1) is 0 Å². The predicted molar refractivity (Wildman–Crippen MR) is 64.6 cm³/mol. The number of rotatable bonds is 5. The highest BCUT2D eigenvalue weighted by molar-refractivity contribution is 5.72. The van der Waals surface area contributed by atoms with Gasteiger partial charge in [0.15, 0.2) is 0 Å². The van der Waals surface area contributed by atoms with Crippen molar-refractivity contribution in [1.29, 1.82) is 0 Å². The number of carbonyl (C=O) groups is 1. The summed E-state index contributed by atoms with van der Waals surface area (Å²) in [6.07, 6.45) is 0.885. The Morgan fingerprint density at radius 1 is 1.50 bits per heavy atom. The fourth-order valence-corrected chi connectivity index (χ4v) is 1.56. The zero-order valence-corrected chi connectivity index (χ0v) is 10.1. The highest BCUT2D eigenvalue weighted by Gasteiger charge is 2.15. The van der Waals surface area contributed by atoms with Gasteiger partial charge in [0.1, 0.15) is 6.04 Å². The molecule has 0 saturated heterocycles. The first kappa shape index (κ1) is 12.7. The van der Waals surface area contributed by atoms with Crippen LogP contribution in [-0.2, 0) is 11.2 Å². The SMILES string of the molecule is Cc1cccc(CCN(C)C(C)C(=O)O)c1. The van der Waals surface area contributed by atoms with Crippen molar-refractivity contribution < 1.29 is 9.90 Å². The molecule has 88 valence electrons. The Kier molecular flexibility index (Phi) is 4.50. The number of hydrogen-bond acceptors (Lipinski definition) is 2. The van der Waals surface area contributed by atoms with Crippen LogP contribution < -0.4 is 0 Å². The fraction of sp³-hybridized carbons (Fsp3) is 0.462. The summed E-state index contributed by atoms with van der Waals surface area (Å²) in [6, 6.07) is 7.88. The number of aryl methyl sites for hydroxylation is 1. The lowest BCUT2D eigenvalue weighted by Crippen LogP contribution is -2.37. The number of carboxylic acid groups (broad SMARTS) is 1. The van der Waals surface area contributed by atoms with E-state index in [4.69, 9.17) is 5.11 Å². The lowest BCUT2D eigenvalue weighted by Gasteiger charge is -2.20. The molecule has 1 aromatic rings. The molecule has 3 nitrogen and oxygen atoms in total. The number of aliphatic carboxylic acids is 1. The van der Waals surface area contributed by atoms with Crippen molar-refractivity contribution in [3.8, 4) is 0 Å². The van der Waals surface area contributed by atoms with Crippen LogP contribution in [0.5, 0.6) is 0 Å². The Bertz CT molecular complexity index is 363. The van der Waals surface area contributed by atoms with Crippen LogP contribution in [-0.4, -0.2) is 35.6 Å². The van der Waals surface area contributed by atoms with Crippen molar-refractivity contribution in [2.75, 3.05) is 13.6 Å². The van der Waals surface area contributed by atoms with E-state index < -0.39 is 12.0 Å². The Hall–Kier alpha value is -1.35. The van der Waals surface area contributed by atoms with Crippen LogP contribution in [0.1, 0.15) is 18.1 Å². The summed E-state index contributed by atoms with van der Waals surface area (Å²) in [6.45, 7) is 4.53. The van der Waals surface area contributed by atoms with Gasteiger partial charge in [0.25, 0.3) is 0 Å². The maximum absolute atomic E-state index is 10.8. The van der Waals surface area contributed by atoms with Crippen LogP contribution >= 0.6 is 0 Å². The molecule has 3 heteroatoms. The van der Waals surface area contributed by atoms with Gasteiger partial charge >= 0.3 is 5.97 Å². The topological polar surface area (TPSA) is 40.5 Å². The summed E-state index contributed by atoms with van der Waals surface area (Å²) in [4.78, 5) is 12.6. The van der Waals surface area contributed by atoms with E-state index in [9.17, 15) is 4.79 Å². The highest BCUT2D eigenvalue weighted by atomic mass is 16.4. The van der Waals surface area contributed by atoms with E-state index in [1.54, 1.807) is 6.92 Å². The molecule has 0 bridgehead atoms. The van der Waals surface area contributed by atoms with Crippen molar-refractivity contribution in [2.45, 2.75) is 26.3 Å². The lowest BCUT2D eigenvalue weighted by molar-refractivity contribution is -0.142. The second-order valence-corrected chi connectivity index (χ2v) is 4.23. The molecular formula is C13H19NO2. The van der Waals surface area contributed by atoms with E-state index >= 15 is 0 Å². The number of hydrogen-bond donors (Lipinski definition) is 1. The summed E-state index contributed by atoms with van der Waals surface area (Å²) in [5.41, 5.74) is 2.50. The van der Waals surface area contributed by atoms with Gasteiger partial charge in [0, 0.05) is 6.54 Å². The van der Waals surface area contributed by atoms with Gasteiger partial charge in [-0.25, -0.2) is 0 Å². The van der Waals surface area contributed by atoms with Gasteiger partial charge in [-0.1, -0.05) is 29.8 Å². The first-order valence-corrected chi connectivity index (χ1v) is 5.49. The Morgan fingerprint density at radius 3 is 2.75 bits per heavy atom. The van der Waals surface area contributed by atoms with Gasteiger partial charge < -0.3 is 5.11 Å². The molecule has 0 spiro atoms. The largest absolute Gasteiger partial charge is 0.480 e. The molecule has 0 aliphatic heterocycles. The molecule has 0 amide bonds. The minimum Gasteiger partial charge on any atom is -0.480 e. The van der Waals surface area contributed by atoms with E-state index in [1.807, 2.05) is 18.0 Å². The first-order valence-electron chi connectivity index (χ1n) is 5.49. The van der Waals surface area contributed by atoms with Gasteiger partial charge in [-0.3, -0.25) is 9.69 Å². The Morgan fingerprint density at radius 2 is 2.19 bits per heavy atom. The Balaban J connectivity index is 2.48. The van der Waals surface area contributed by atoms with E-state index in [0.717, 1.165) is 13.0 Å². The number of carboxylic acids is 1. The average molecular weight is 221 g/mol. The van der Waals surface area contributed by atoms with Crippen molar-refractivity contribution >= 4 is 5.97 Å². The van der Waals surface area contributed by atoms with Crippen LogP contribution in [0.25, 0.3) is 0 Å². The van der Waals surface area contributed by atoms with Crippen LogP contribution in [0.3, 0.4) is 0 Å². The number of benzene rings is 1. The summed E-state index contributed by atoms with van der Waals surface area (Å²) in [7, 11) is 1.84. The van der Waals surface area contributed by atoms with Crippen molar-refractivity contribution in [3.05, 3.63) is 35.4 Å². The molecule has 0 heterocycles. The van der Waals surface area contributed by atoms with Gasteiger partial charge in [0.05, 0.1) is 0 Å². The highest BCUT2D eigenvalue weighted by Crippen LogP contribution is 2.06. The molecule has 0 fully saturated rings. The molecule has 1 atom stereocenters. The zero-order chi connectivity index (χ0) is 12.1. The van der Waals surface area contributed by atoms with E-state index in [1.165, 1.54) is 11.1 Å². The molecule has 1 aromatic carbocycles. The van der Waals surface area contributed by atoms with Crippen LogP contribution in [0.2, 0.25) is 0 Å². The van der Waals surface area contributed by atoms with Crippen LogP contribution in [0.15, 0.2) is 24.3 Å². The standard InChI is InChI=1S/C13H19NO2/c1-10-5-4-6-12(9-10)7-8-14(3)11(2)13(15)16/h4-6,9,11H,7-8H2,1-3H3,(H,15,16). The molecule has 0 radical (unpaired) electrons. The molecule has 1 unspecified atom stereocenters. The minimum absolute atomic E-state index is 0.426. The van der Waals surface area contributed by atoms with Crippen molar-refractivity contribution in [1.82, 2.24) is 4.90 Å². The molecular weight excluding hydrogens is 202 g/mol. The van der Waals surface area contributed by atoms with E-state index in [-0.39, 0.29) is 0 Å². The van der Waals surface area contributed by atoms with Crippen molar-refractivity contribution in [3.63, 3.8) is 0 Å². The third-order valence-corrected chi connectivity index (χ3v) is 2.85. The number of nitrogens with zero attached hydrogens (tertiary/aromatic N) is 1. The molecule has 1 rings (SSSR count). The fourth-order valence-electron chi connectivity index (χ4n) is 1.56. The normalized spacial score (nSPS) is 12.8. The number of likely N-dealkylation sites (N-methyl/N-ethyl adjacent to an activating group) is 1. The molecule has 0 saturated carbocycles. The molecule has 1 N–H and O–H groups in total. The van der Waals surface area contributed by atoms with Gasteiger partial charge in [0.2, 0.25) is 0 Å². The van der Waals surface area contributed by atoms with Crippen molar-refractivity contribution in [2.24, 2.45) is 0 Å². The zero-order valence-electron chi connectivity index (χ0n) is 10.1. The van der Waals surface area contributed by atoms with E-state index in [2.05, 4.69) is 25.1 Å². The molecule has 16 heavy (non-hydrogen) atoms. The second kappa shape index (κ2) is 5.66. The quantitative estimate of drug-likeness (QED) is 0.826. The summed E-state index contributed by atoms with van der Waals surface area (Å²) < 4.78 is 0. The molecule has 0 aliphatic carbocycles. The Labute approximate surface area is 96.7 Å². The van der Waals surface area contributed by atoms with Crippen LogP contribution in [0, 0.1) is 6.92 Å². The average Bonchev–Trinajstić information content (AvgIpc) is 2.24. The summed E-state index contributed by atoms with van der Waals surface area (Å²) in [5, 5.41) is 8.85. The third-order valence-electron chi connectivity index (χ3n) is 2.85. The minimum atomic E-state index is -0.772. The summed E-state index contributed by atoms with van der Waals surface area (Å²) in [5.74, 6) is -0.772. The van der Waals surface area contributed by atoms with Gasteiger partial charge in [-0.2, -0.15) is 0 Å². The maximum atomic E-state index is 10.8. The monoisotopic (exact) mass is 221 g/mol. The van der Waals surface area contributed by atoms with E-state index in [0.29, 0.717) is 0 Å². The lowest BCUT2D eigenvalue weighted by atomic mass is 10.1. The first-order chi connectivity index (χ1) is 7.50.